The highest BCUT2D eigenvalue weighted by molar-refractivity contribution is 6.05. The molecule has 2 aromatic rings. The summed E-state index contributed by atoms with van der Waals surface area (Å²) in [6.07, 6.45) is 4.62. The van der Waals surface area contributed by atoms with Gasteiger partial charge in [-0.25, -0.2) is 0 Å². The molecular formula is C31H37N5O5. The van der Waals surface area contributed by atoms with Gasteiger partial charge in [0.1, 0.15) is 12.1 Å². The zero-order valence-electron chi connectivity index (χ0n) is 23.4. The number of hydrogen-bond acceptors (Lipinski definition) is 6. The van der Waals surface area contributed by atoms with Gasteiger partial charge >= 0.3 is 0 Å². The lowest BCUT2D eigenvalue weighted by molar-refractivity contribution is -0.137. The predicted molar refractivity (Wildman–Crippen MR) is 153 cm³/mol. The molecule has 3 aliphatic heterocycles. The number of imide groups is 1. The van der Waals surface area contributed by atoms with Crippen LogP contribution in [0.4, 0.5) is 5.69 Å². The Labute approximate surface area is 239 Å². The van der Waals surface area contributed by atoms with Crippen molar-refractivity contribution in [2.24, 2.45) is 0 Å². The fourth-order valence-corrected chi connectivity index (χ4v) is 6.01. The molecule has 0 radical (unpaired) electrons. The van der Waals surface area contributed by atoms with E-state index in [0.29, 0.717) is 44.3 Å². The highest BCUT2D eigenvalue weighted by atomic mass is 16.2. The Morgan fingerprint density at radius 2 is 1.80 bits per heavy atom. The minimum Gasteiger partial charge on any atom is -0.372 e. The number of aryl methyl sites for hydroxylation is 1. The largest absolute Gasteiger partial charge is 0.372 e. The monoisotopic (exact) mass is 559 g/mol. The average molecular weight is 560 g/mol. The number of carbonyl (C=O) groups excluding carboxylic acids is 5. The number of piperidine rings is 1. The minimum atomic E-state index is -0.672. The van der Waals surface area contributed by atoms with E-state index in [1.165, 1.54) is 25.5 Å². The summed E-state index contributed by atoms with van der Waals surface area (Å²) in [5.41, 5.74) is 4.61. The molecule has 2 fully saturated rings. The third-order valence-corrected chi connectivity index (χ3v) is 8.19. The lowest BCUT2D eigenvalue weighted by Gasteiger charge is -2.29. The smallest absolute Gasteiger partial charge is 0.255 e. The molecule has 3 N–H and O–H groups in total. The van der Waals surface area contributed by atoms with Crippen molar-refractivity contribution in [1.29, 1.82) is 0 Å². The lowest BCUT2D eigenvalue weighted by atomic mass is 9.97. The van der Waals surface area contributed by atoms with Crippen molar-refractivity contribution in [3.8, 4) is 0 Å². The van der Waals surface area contributed by atoms with Gasteiger partial charge in [-0.2, -0.15) is 0 Å². The summed E-state index contributed by atoms with van der Waals surface area (Å²) in [4.78, 5) is 65.8. The molecule has 5 rings (SSSR count). The maximum atomic E-state index is 13.1. The second-order valence-electron chi connectivity index (χ2n) is 11.1. The van der Waals surface area contributed by atoms with Crippen LogP contribution < -0.4 is 20.9 Å². The third kappa shape index (κ3) is 6.58. The van der Waals surface area contributed by atoms with Gasteiger partial charge in [0.2, 0.25) is 23.6 Å². The van der Waals surface area contributed by atoms with Crippen molar-refractivity contribution in [2.75, 3.05) is 18.0 Å². The maximum absolute atomic E-state index is 13.1. The number of carbonyl (C=O) groups is 5. The Bertz CT molecular complexity index is 1330. The molecule has 0 aliphatic carbocycles. The van der Waals surface area contributed by atoms with Crippen LogP contribution in [0.25, 0.3) is 0 Å². The predicted octanol–water partition coefficient (Wildman–Crippen LogP) is 2.19. The van der Waals surface area contributed by atoms with E-state index in [2.05, 4.69) is 33.0 Å². The van der Waals surface area contributed by atoms with Crippen LogP contribution in [-0.2, 0) is 38.7 Å². The molecule has 1 unspecified atom stereocenters. The molecule has 10 nitrogen and oxygen atoms in total. The highest BCUT2D eigenvalue weighted by Gasteiger charge is 2.39. The Morgan fingerprint density at radius 1 is 1.05 bits per heavy atom. The molecule has 0 aromatic heterocycles. The van der Waals surface area contributed by atoms with Crippen molar-refractivity contribution in [2.45, 2.75) is 77.0 Å². The van der Waals surface area contributed by atoms with Crippen LogP contribution in [0, 0.1) is 0 Å². The molecule has 216 valence electrons. The van der Waals surface area contributed by atoms with E-state index < -0.39 is 18.0 Å². The quantitative estimate of drug-likeness (QED) is 0.383. The second kappa shape index (κ2) is 12.5. The van der Waals surface area contributed by atoms with Crippen LogP contribution in [0.2, 0.25) is 0 Å². The van der Waals surface area contributed by atoms with Crippen molar-refractivity contribution in [3.63, 3.8) is 0 Å². The average Bonchev–Trinajstić information content (AvgIpc) is 3.61. The summed E-state index contributed by atoms with van der Waals surface area (Å²) in [5, 5.41) is 8.06. The second-order valence-corrected chi connectivity index (χ2v) is 11.1. The molecule has 2 atom stereocenters. The zero-order valence-corrected chi connectivity index (χ0v) is 23.4. The van der Waals surface area contributed by atoms with E-state index in [1.54, 1.807) is 11.0 Å². The van der Waals surface area contributed by atoms with E-state index >= 15 is 0 Å². The number of nitrogens with zero attached hydrogens (tertiary/aromatic N) is 2. The first-order valence-corrected chi connectivity index (χ1v) is 14.4. The van der Waals surface area contributed by atoms with Crippen molar-refractivity contribution in [3.05, 3.63) is 64.7 Å². The lowest BCUT2D eigenvalue weighted by Crippen LogP contribution is -2.52. The molecule has 3 aliphatic rings. The van der Waals surface area contributed by atoms with Gasteiger partial charge in [0.25, 0.3) is 5.91 Å². The van der Waals surface area contributed by atoms with Gasteiger partial charge < -0.3 is 20.4 Å². The van der Waals surface area contributed by atoms with Gasteiger partial charge in [0.05, 0.1) is 0 Å². The number of rotatable bonds is 10. The fraction of sp³-hybridized carbons (Fsp3) is 0.452. The van der Waals surface area contributed by atoms with E-state index in [0.717, 1.165) is 29.8 Å². The summed E-state index contributed by atoms with van der Waals surface area (Å²) >= 11 is 0. The number of anilines is 1. The molecule has 10 heteroatoms. The van der Waals surface area contributed by atoms with Gasteiger partial charge in [-0.3, -0.25) is 29.3 Å². The molecule has 0 spiro atoms. The number of fused-ring (bicyclic) bond motifs is 1. The van der Waals surface area contributed by atoms with Crippen molar-refractivity contribution in [1.82, 2.24) is 20.9 Å². The van der Waals surface area contributed by atoms with Gasteiger partial charge in [-0.1, -0.05) is 24.3 Å². The molecule has 5 amide bonds. The summed E-state index contributed by atoms with van der Waals surface area (Å²) in [5.74, 6) is -1.47. The summed E-state index contributed by atoms with van der Waals surface area (Å²) in [6.45, 7) is 4.24. The normalized spacial score (nSPS) is 19.1. The fourth-order valence-electron chi connectivity index (χ4n) is 6.01. The first kappa shape index (κ1) is 28.3. The van der Waals surface area contributed by atoms with Crippen LogP contribution in [0.3, 0.4) is 0 Å². The Hall–Kier alpha value is -4.21. The van der Waals surface area contributed by atoms with Gasteiger partial charge in [-0.05, 0) is 73.4 Å². The molecule has 0 bridgehead atoms. The molecule has 3 heterocycles. The summed E-state index contributed by atoms with van der Waals surface area (Å²) in [7, 11) is 0. The number of nitrogens with one attached hydrogen (secondary N) is 3. The van der Waals surface area contributed by atoms with Crippen LogP contribution >= 0.6 is 0 Å². The summed E-state index contributed by atoms with van der Waals surface area (Å²) in [6, 6.07) is 12.4. The maximum Gasteiger partial charge on any atom is 0.255 e. The number of hydrogen-bond donors (Lipinski definition) is 3. The van der Waals surface area contributed by atoms with Crippen LogP contribution in [-0.4, -0.2) is 59.6 Å². The zero-order chi connectivity index (χ0) is 28.9. The van der Waals surface area contributed by atoms with Crippen LogP contribution in [0.15, 0.2) is 42.5 Å². The third-order valence-electron chi connectivity index (χ3n) is 8.19. The summed E-state index contributed by atoms with van der Waals surface area (Å²) < 4.78 is 0. The first-order chi connectivity index (χ1) is 19.8. The van der Waals surface area contributed by atoms with Crippen LogP contribution in [0.1, 0.15) is 72.5 Å². The van der Waals surface area contributed by atoms with Gasteiger partial charge in [-0.15, -0.1) is 0 Å². The number of benzene rings is 2. The standard InChI is InChI=1S/C31H37N5O5/c1-20(37)33-26(29(39)32-18-21-10-12-23(13-11-21)35-16-2-3-17-35)9-5-7-22-6-4-8-24-25(22)19-36(31(24)41)27-14-15-28(38)34-30(27)40/h4,6,8,10-13,26-27H,2-3,5,7,9,14-19H2,1H3,(H,32,39)(H,33,37)(H,34,38,40)/t26-,27?/m0/s1. The van der Waals surface area contributed by atoms with E-state index in [-0.39, 0.29) is 30.0 Å². The topological polar surface area (TPSA) is 128 Å². The highest BCUT2D eigenvalue weighted by Crippen LogP contribution is 2.30. The molecule has 0 saturated carbocycles. The van der Waals surface area contributed by atoms with Crippen molar-refractivity contribution >= 4 is 35.2 Å². The van der Waals surface area contributed by atoms with E-state index in [4.69, 9.17) is 0 Å². The van der Waals surface area contributed by atoms with Gasteiger partial charge in [0.15, 0.2) is 0 Å². The minimum absolute atomic E-state index is 0.208. The van der Waals surface area contributed by atoms with E-state index in [9.17, 15) is 24.0 Å². The molecule has 41 heavy (non-hydrogen) atoms. The Morgan fingerprint density at radius 3 is 2.51 bits per heavy atom. The first-order valence-electron chi connectivity index (χ1n) is 14.4. The van der Waals surface area contributed by atoms with Gasteiger partial charge in [0, 0.05) is 50.8 Å². The van der Waals surface area contributed by atoms with Crippen molar-refractivity contribution < 1.29 is 24.0 Å². The molecule has 2 aromatic carbocycles. The molecule has 2 saturated heterocycles. The molecular weight excluding hydrogens is 522 g/mol. The van der Waals surface area contributed by atoms with Crippen LogP contribution in [0.5, 0.6) is 0 Å². The SMILES string of the molecule is CC(=O)N[C@@H](CCCc1cccc2c1CN(C1CCC(=O)NC1=O)C2=O)C(=O)NCc1ccc(N2CCCC2)cc1. The Kier molecular flexibility index (Phi) is 8.66. The number of amides is 5. The van der Waals surface area contributed by atoms with E-state index in [1.807, 2.05) is 24.3 Å². The Balaban J connectivity index is 1.16.